The van der Waals surface area contributed by atoms with Crippen molar-refractivity contribution in [2.24, 2.45) is 10.9 Å². The van der Waals surface area contributed by atoms with Gasteiger partial charge in [0, 0.05) is 38.8 Å². The Morgan fingerprint density at radius 1 is 1.22 bits per heavy atom. The van der Waals surface area contributed by atoms with Gasteiger partial charge >= 0.3 is 0 Å². The number of rotatable bonds is 7. The molecule has 1 aromatic rings. The van der Waals surface area contributed by atoms with E-state index < -0.39 is 0 Å². The normalized spacial score (nSPS) is 16.3. The standard InChI is InChI=1S/C21H36N4O.HI/c1-16(2)15-26-20-8-6-7-18(13-20)14-23-21(22-5)24-19-9-11-25(12-10-19)17(3)4;/h6-8,13,16-17,19H,9-12,14-15H2,1-5H3,(H2,22,23,24);1H. The van der Waals surface area contributed by atoms with Crippen molar-refractivity contribution in [2.45, 2.75) is 59.2 Å². The first-order valence-corrected chi connectivity index (χ1v) is 9.91. The number of nitrogens with zero attached hydrogens (tertiary/aromatic N) is 2. The molecule has 1 aromatic carbocycles. The van der Waals surface area contributed by atoms with Crippen LogP contribution < -0.4 is 15.4 Å². The van der Waals surface area contributed by atoms with Crippen LogP contribution in [-0.4, -0.2) is 49.7 Å². The zero-order valence-electron chi connectivity index (χ0n) is 17.5. The van der Waals surface area contributed by atoms with E-state index in [0.717, 1.165) is 50.8 Å². The summed E-state index contributed by atoms with van der Waals surface area (Å²) in [6.07, 6.45) is 2.33. The second-order valence-corrected chi connectivity index (χ2v) is 7.83. The second kappa shape index (κ2) is 12.4. The first kappa shape index (κ1) is 24.0. The van der Waals surface area contributed by atoms with Crippen molar-refractivity contribution >= 4 is 29.9 Å². The number of ether oxygens (including phenoxy) is 1. The zero-order valence-corrected chi connectivity index (χ0v) is 19.8. The number of piperidine rings is 1. The maximum Gasteiger partial charge on any atom is 0.191 e. The number of benzene rings is 1. The SMILES string of the molecule is CN=C(NCc1cccc(OCC(C)C)c1)NC1CCN(C(C)C)CC1.I. The predicted molar refractivity (Wildman–Crippen MR) is 125 cm³/mol. The van der Waals surface area contributed by atoms with E-state index in [1.54, 1.807) is 0 Å². The number of halogens is 1. The van der Waals surface area contributed by atoms with Gasteiger partial charge in [-0.25, -0.2) is 0 Å². The van der Waals surface area contributed by atoms with Gasteiger partial charge in [0.2, 0.25) is 0 Å². The highest BCUT2D eigenvalue weighted by Crippen LogP contribution is 2.15. The molecule has 0 aromatic heterocycles. The van der Waals surface area contributed by atoms with Gasteiger partial charge in [-0.15, -0.1) is 24.0 Å². The molecule has 1 fully saturated rings. The number of guanidine groups is 1. The molecule has 0 bridgehead atoms. The maximum atomic E-state index is 5.81. The quantitative estimate of drug-likeness (QED) is 0.348. The Morgan fingerprint density at radius 2 is 1.93 bits per heavy atom. The minimum absolute atomic E-state index is 0. The van der Waals surface area contributed by atoms with E-state index in [1.165, 1.54) is 5.56 Å². The van der Waals surface area contributed by atoms with Crippen LogP contribution in [0.5, 0.6) is 5.75 Å². The van der Waals surface area contributed by atoms with Crippen LogP contribution in [0.4, 0.5) is 0 Å². The highest BCUT2D eigenvalue weighted by Gasteiger charge is 2.21. The molecule has 0 amide bonds. The summed E-state index contributed by atoms with van der Waals surface area (Å²) in [6, 6.07) is 9.41. The van der Waals surface area contributed by atoms with Gasteiger partial charge in [0.1, 0.15) is 5.75 Å². The van der Waals surface area contributed by atoms with E-state index in [1.807, 2.05) is 19.2 Å². The Kier molecular flexibility index (Phi) is 11.1. The Bertz CT molecular complexity index is 569. The van der Waals surface area contributed by atoms with E-state index in [4.69, 9.17) is 4.74 Å². The summed E-state index contributed by atoms with van der Waals surface area (Å²) in [6.45, 7) is 12.7. The molecule has 6 heteroatoms. The molecule has 0 atom stereocenters. The minimum atomic E-state index is 0. The van der Waals surface area contributed by atoms with Crippen molar-refractivity contribution < 1.29 is 4.74 Å². The Hall–Kier alpha value is -1.02. The van der Waals surface area contributed by atoms with Crippen LogP contribution in [0.1, 0.15) is 46.1 Å². The van der Waals surface area contributed by atoms with Gasteiger partial charge in [0.15, 0.2) is 5.96 Å². The largest absolute Gasteiger partial charge is 0.493 e. The van der Waals surface area contributed by atoms with Crippen LogP contribution in [0, 0.1) is 5.92 Å². The molecular formula is C21H37IN4O. The lowest BCUT2D eigenvalue weighted by Gasteiger charge is -2.35. The highest BCUT2D eigenvalue weighted by atomic mass is 127. The van der Waals surface area contributed by atoms with E-state index in [2.05, 4.69) is 60.4 Å². The van der Waals surface area contributed by atoms with Gasteiger partial charge in [-0.05, 0) is 50.3 Å². The molecule has 27 heavy (non-hydrogen) atoms. The average Bonchev–Trinajstić information content (AvgIpc) is 2.64. The smallest absolute Gasteiger partial charge is 0.191 e. The molecule has 1 aliphatic rings. The highest BCUT2D eigenvalue weighted by molar-refractivity contribution is 14.0. The number of aliphatic imine (C=N–C) groups is 1. The first-order chi connectivity index (χ1) is 12.5. The summed E-state index contributed by atoms with van der Waals surface area (Å²) < 4.78 is 5.81. The summed E-state index contributed by atoms with van der Waals surface area (Å²) >= 11 is 0. The average molecular weight is 488 g/mol. The van der Waals surface area contributed by atoms with Crippen LogP contribution in [0.3, 0.4) is 0 Å². The lowest BCUT2D eigenvalue weighted by molar-refractivity contribution is 0.167. The Balaban J connectivity index is 0.00000364. The number of nitrogens with one attached hydrogen (secondary N) is 2. The van der Waals surface area contributed by atoms with Crippen LogP contribution in [-0.2, 0) is 6.54 Å². The summed E-state index contributed by atoms with van der Waals surface area (Å²) in [5, 5.41) is 7.00. The van der Waals surface area contributed by atoms with Crippen molar-refractivity contribution in [3.63, 3.8) is 0 Å². The van der Waals surface area contributed by atoms with Gasteiger partial charge in [-0.3, -0.25) is 4.99 Å². The minimum Gasteiger partial charge on any atom is -0.493 e. The van der Waals surface area contributed by atoms with Crippen LogP contribution >= 0.6 is 24.0 Å². The predicted octanol–water partition coefficient (Wildman–Crippen LogP) is 3.88. The number of hydrogen-bond donors (Lipinski definition) is 2. The molecule has 1 saturated heterocycles. The molecule has 0 aliphatic carbocycles. The third-order valence-electron chi connectivity index (χ3n) is 4.77. The third kappa shape index (κ3) is 8.68. The number of likely N-dealkylation sites (tertiary alicyclic amines) is 1. The number of hydrogen-bond acceptors (Lipinski definition) is 3. The fourth-order valence-electron chi connectivity index (χ4n) is 3.14. The lowest BCUT2D eigenvalue weighted by Crippen LogP contribution is -2.49. The molecule has 0 spiro atoms. The molecule has 1 aliphatic heterocycles. The van der Waals surface area contributed by atoms with E-state index in [0.29, 0.717) is 18.0 Å². The fraction of sp³-hybridized carbons (Fsp3) is 0.667. The van der Waals surface area contributed by atoms with Gasteiger partial charge in [0.25, 0.3) is 0 Å². The van der Waals surface area contributed by atoms with Gasteiger partial charge in [0.05, 0.1) is 6.61 Å². The molecule has 2 rings (SSSR count). The van der Waals surface area contributed by atoms with Gasteiger partial charge in [-0.1, -0.05) is 26.0 Å². The third-order valence-corrected chi connectivity index (χ3v) is 4.77. The van der Waals surface area contributed by atoms with E-state index in [-0.39, 0.29) is 24.0 Å². The summed E-state index contributed by atoms with van der Waals surface area (Å²) in [5.74, 6) is 2.34. The molecule has 0 radical (unpaired) electrons. The van der Waals surface area contributed by atoms with Crippen molar-refractivity contribution in [2.75, 3.05) is 26.7 Å². The Morgan fingerprint density at radius 3 is 2.52 bits per heavy atom. The summed E-state index contributed by atoms with van der Waals surface area (Å²) in [7, 11) is 1.83. The van der Waals surface area contributed by atoms with E-state index in [9.17, 15) is 0 Å². The van der Waals surface area contributed by atoms with Crippen molar-refractivity contribution in [3.05, 3.63) is 29.8 Å². The molecule has 2 N–H and O–H groups in total. The van der Waals surface area contributed by atoms with Crippen molar-refractivity contribution in [1.82, 2.24) is 15.5 Å². The molecule has 0 unspecified atom stereocenters. The Labute approximate surface area is 182 Å². The van der Waals surface area contributed by atoms with Gasteiger partial charge in [-0.2, -0.15) is 0 Å². The van der Waals surface area contributed by atoms with Crippen molar-refractivity contribution in [3.8, 4) is 5.75 Å². The monoisotopic (exact) mass is 488 g/mol. The molecule has 0 saturated carbocycles. The lowest BCUT2D eigenvalue weighted by atomic mass is 10.0. The molecule has 1 heterocycles. The molecule has 5 nitrogen and oxygen atoms in total. The maximum absolute atomic E-state index is 5.81. The van der Waals surface area contributed by atoms with E-state index >= 15 is 0 Å². The van der Waals surface area contributed by atoms with Crippen molar-refractivity contribution in [1.29, 1.82) is 0 Å². The first-order valence-electron chi connectivity index (χ1n) is 9.91. The van der Waals surface area contributed by atoms with Crippen LogP contribution in [0.15, 0.2) is 29.3 Å². The summed E-state index contributed by atoms with van der Waals surface area (Å²) in [5.41, 5.74) is 1.20. The van der Waals surface area contributed by atoms with Gasteiger partial charge < -0.3 is 20.3 Å². The zero-order chi connectivity index (χ0) is 18.9. The topological polar surface area (TPSA) is 48.9 Å². The van der Waals surface area contributed by atoms with Crippen LogP contribution in [0.2, 0.25) is 0 Å². The second-order valence-electron chi connectivity index (χ2n) is 7.83. The molecular weight excluding hydrogens is 451 g/mol. The van der Waals surface area contributed by atoms with Crippen LogP contribution in [0.25, 0.3) is 0 Å². The molecule has 154 valence electrons. The fourth-order valence-corrected chi connectivity index (χ4v) is 3.14. The summed E-state index contributed by atoms with van der Waals surface area (Å²) in [4.78, 5) is 6.92.